The van der Waals surface area contributed by atoms with Crippen molar-refractivity contribution < 1.29 is 0 Å². The predicted molar refractivity (Wildman–Crippen MR) is 74.9 cm³/mol. The molecule has 4 nitrogen and oxygen atoms in total. The van der Waals surface area contributed by atoms with Crippen LogP contribution in [0.1, 0.15) is 31.1 Å². The number of aromatic nitrogens is 2. The Morgan fingerprint density at radius 1 is 1.44 bits per heavy atom. The van der Waals surface area contributed by atoms with Crippen LogP contribution in [0.4, 0.5) is 0 Å². The van der Waals surface area contributed by atoms with Crippen molar-refractivity contribution in [1.82, 2.24) is 20.2 Å². The summed E-state index contributed by atoms with van der Waals surface area (Å²) < 4.78 is 0. The van der Waals surface area contributed by atoms with Crippen LogP contribution in [0.2, 0.25) is 0 Å². The number of aryl methyl sites for hydroxylation is 1. The van der Waals surface area contributed by atoms with Crippen LogP contribution in [-0.2, 0) is 12.8 Å². The Balaban J connectivity index is 2.00. The number of hydrogen-bond donors (Lipinski definition) is 2. The molecule has 1 saturated heterocycles. The fraction of sp³-hybridized carbons (Fsp3) is 0.786. The Labute approximate surface area is 110 Å². The van der Waals surface area contributed by atoms with Gasteiger partial charge in [-0.2, -0.15) is 0 Å². The summed E-state index contributed by atoms with van der Waals surface area (Å²) in [6.07, 6.45) is 2.09. The summed E-state index contributed by atoms with van der Waals surface area (Å²) in [5, 5.41) is 3.46. The van der Waals surface area contributed by atoms with Crippen molar-refractivity contribution in [3.05, 3.63) is 17.2 Å². The van der Waals surface area contributed by atoms with E-state index in [4.69, 9.17) is 4.98 Å². The number of imidazole rings is 1. The fourth-order valence-corrected chi connectivity index (χ4v) is 2.56. The SMILES string of the molecule is Cc1[nH]c(CC2CNCCN2C)nc1CC(C)C. The van der Waals surface area contributed by atoms with Gasteiger partial charge in [-0.05, 0) is 26.3 Å². The molecule has 0 aromatic carbocycles. The summed E-state index contributed by atoms with van der Waals surface area (Å²) >= 11 is 0. The molecule has 0 saturated carbocycles. The van der Waals surface area contributed by atoms with E-state index in [0.29, 0.717) is 12.0 Å². The molecule has 1 atom stereocenters. The Hall–Kier alpha value is -0.870. The van der Waals surface area contributed by atoms with Crippen LogP contribution < -0.4 is 5.32 Å². The Morgan fingerprint density at radius 3 is 2.89 bits per heavy atom. The van der Waals surface area contributed by atoms with E-state index in [1.807, 2.05) is 0 Å². The average molecular weight is 250 g/mol. The first-order valence-corrected chi connectivity index (χ1v) is 7.01. The molecule has 0 radical (unpaired) electrons. The van der Waals surface area contributed by atoms with Crippen molar-refractivity contribution in [3.63, 3.8) is 0 Å². The third kappa shape index (κ3) is 3.33. The van der Waals surface area contributed by atoms with E-state index < -0.39 is 0 Å². The van der Waals surface area contributed by atoms with Gasteiger partial charge in [0.05, 0.1) is 5.69 Å². The number of H-pyrrole nitrogens is 1. The molecule has 1 aromatic rings. The Morgan fingerprint density at radius 2 is 2.22 bits per heavy atom. The number of nitrogens with zero attached hydrogens (tertiary/aromatic N) is 2. The number of rotatable bonds is 4. The predicted octanol–water partition coefficient (Wildman–Crippen LogP) is 1.36. The molecule has 2 heterocycles. The molecular formula is C14H26N4. The molecule has 1 fully saturated rings. The average Bonchev–Trinajstić information content (AvgIpc) is 2.62. The van der Waals surface area contributed by atoms with Gasteiger partial charge < -0.3 is 15.2 Å². The number of aromatic amines is 1. The van der Waals surface area contributed by atoms with E-state index in [9.17, 15) is 0 Å². The maximum absolute atomic E-state index is 4.77. The summed E-state index contributed by atoms with van der Waals surface area (Å²) in [6, 6.07) is 0.566. The van der Waals surface area contributed by atoms with Gasteiger partial charge in [0.2, 0.25) is 0 Å². The maximum Gasteiger partial charge on any atom is 0.108 e. The van der Waals surface area contributed by atoms with Crippen molar-refractivity contribution in [2.75, 3.05) is 26.7 Å². The van der Waals surface area contributed by atoms with E-state index in [1.54, 1.807) is 0 Å². The van der Waals surface area contributed by atoms with E-state index in [0.717, 1.165) is 38.3 Å². The van der Waals surface area contributed by atoms with Gasteiger partial charge in [0.1, 0.15) is 5.82 Å². The number of piperazine rings is 1. The van der Waals surface area contributed by atoms with Gasteiger partial charge in [-0.3, -0.25) is 0 Å². The molecule has 1 aromatic heterocycles. The molecule has 1 unspecified atom stereocenters. The van der Waals surface area contributed by atoms with Gasteiger partial charge in [0.15, 0.2) is 0 Å². The quantitative estimate of drug-likeness (QED) is 0.848. The second-order valence-electron chi connectivity index (χ2n) is 5.90. The Bertz CT molecular complexity index is 383. The first-order chi connectivity index (χ1) is 8.56. The van der Waals surface area contributed by atoms with E-state index in [-0.39, 0.29) is 0 Å². The number of nitrogens with one attached hydrogen (secondary N) is 2. The molecule has 1 aliphatic rings. The highest BCUT2D eigenvalue weighted by molar-refractivity contribution is 5.14. The lowest BCUT2D eigenvalue weighted by Crippen LogP contribution is -2.50. The summed E-state index contributed by atoms with van der Waals surface area (Å²) in [5.41, 5.74) is 2.48. The lowest BCUT2D eigenvalue weighted by molar-refractivity contribution is 0.197. The molecule has 0 spiro atoms. The summed E-state index contributed by atoms with van der Waals surface area (Å²) in [7, 11) is 2.20. The number of hydrogen-bond acceptors (Lipinski definition) is 3. The van der Waals surface area contributed by atoms with Crippen molar-refractivity contribution >= 4 is 0 Å². The van der Waals surface area contributed by atoms with Gasteiger partial charge >= 0.3 is 0 Å². The van der Waals surface area contributed by atoms with Gasteiger partial charge in [-0.25, -0.2) is 4.98 Å². The molecule has 0 amide bonds. The fourth-order valence-electron chi connectivity index (χ4n) is 2.56. The zero-order chi connectivity index (χ0) is 13.1. The van der Waals surface area contributed by atoms with Crippen LogP contribution in [0.25, 0.3) is 0 Å². The summed E-state index contributed by atoms with van der Waals surface area (Å²) in [5.74, 6) is 1.81. The minimum absolute atomic E-state index is 0.566. The van der Waals surface area contributed by atoms with Crippen LogP contribution in [-0.4, -0.2) is 47.6 Å². The van der Waals surface area contributed by atoms with Crippen LogP contribution in [0.3, 0.4) is 0 Å². The highest BCUT2D eigenvalue weighted by Crippen LogP contribution is 2.13. The van der Waals surface area contributed by atoms with Gasteiger partial charge in [-0.1, -0.05) is 13.8 Å². The van der Waals surface area contributed by atoms with Crippen molar-refractivity contribution in [1.29, 1.82) is 0 Å². The monoisotopic (exact) mass is 250 g/mol. The van der Waals surface area contributed by atoms with E-state index >= 15 is 0 Å². The highest BCUT2D eigenvalue weighted by Gasteiger charge is 2.20. The third-order valence-electron chi connectivity index (χ3n) is 3.71. The van der Waals surface area contributed by atoms with Gasteiger partial charge in [-0.15, -0.1) is 0 Å². The summed E-state index contributed by atoms with van der Waals surface area (Å²) in [4.78, 5) is 10.6. The molecule has 18 heavy (non-hydrogen) atoms. The van der Waals surface area contributed by atoms with Crippen molar-refractivity contribution in [3.8, 4) is 0 Å². The summed E-state index contributed by atoms with van der Waals surface area (Å²) in [6.45, 7) is 9.91. The first-order valence-electron chi connectivity index (χ1n) is 7.01. The van der Waals surface area contributed by atoms with Crippen LogP contribution >= 0.6 is 0 Å². The minimum atomic E-state index is 0.566. The Kier molecular flexibility index (Phi) is 4.40. The standard InChI is InChI=1S/C14H26N4/c1-10(2)7-13-11(3)16-14(17-13)8-12-9-15-5-6-18(12)4/h10,12,15H,5-9H2,1-4H3,(H,16,17). The third-order valence-corrected chi connectivity index (χ3v) is 3.71. The minimum Gasteiger partial charge on any atom is -0.346 e. The molecule has 1 aliphatic heterocycles. The van der Waals surface area contributed by atoms with E-state index in [2.05, 4.69) is 43.0 Å². The molecule has 2 N–H and O–H groups in total. The molecule has 2 rings (SSSR count). The van der Waals surface area contributed by atoms with Crippen molar-refractivity contribution in [2.24, 2.45) is 5.92 Å². The molecular weight excluding hydrogens is 224 g/mol. The molecule has 4 heteroatoms. The molecule has 102 valence electrons. The zero-order valence-corrected chi connectivity index (χ0v) is 12.1. The second-order valence-corrected chi connectivity index (χ2v) is 5.90. The van der Waals surface area contributed by atoms with Gasteiger partial charge in [0.25, 0.3) is 0 Å². The maximum atomic E-state index is 4.77. The van der Waals surface area contributed by atoms with Crippen LogP contribution in [0.5, 0.6) is 0 Å². The normalized spacial score (nSPS) is 21.7. The first kappa shape index (κ1) is 13.6. The lowest BCUT2D eigenvalue weighted by Gasteiger charge is -2.32. The lowest BCUT2D eigenvalue weighted by atomic mass is 10.1. The number of likely N-dealkylation sites (N-methyl/N-ethyl adjacent to an activating group) is 1. The highest BCUT2D eigenvalue weighted by atomic mass is 15.2. The van der Waals surface area contributed by atoms with Crippen LogP contribution in [0.15, 0.2) is 0 Å². The second kappa shape index (κ2) is 5.85. The molecule has 0 bridgehead atoms. The van der Waals surface area contributed by atoms with Crippen LogP contribution in [0, 0.1) is 12.8 Å². The topological polar surface area (TPSA) is 44.0 Å². The zero-order valence-electron chi connectivity index (χ0n) is 12.1. The smallest absolute Gasteiger partial charge is 0.108 e. The van der Waals surface area contributed by atoms with Gasteiger partial charge in [0, 0.05) is 37.8 Å². The van der Waals surface area contributed by atoms with E-state index in [1.165, 1.54) is 11.4 Å². The molecule has 0 aliphatic carbocycles. The largest absolute Gasteiger partial charge is 0.346 e. The van der Waals surface area contributed by atoms with Crippen molar-refractivity contribution in [2.45, 2.75) is 39.7 Å².